The van der Waals surface area contributed by atoms with E-state index in [1.54, 1.807) is 11.3 Å². The maximum Gasteiger partial charge on any atom is 0.226 e. The Bertz CT molecular complexity index is 564. The minimum absolute atomic E-state index is 0.0540. The Hall–Kier alpha value is -1.40. The van der Waals surface area contributed by atoms with Crippen molar-refractivity contribution in [2.45, 2.75) is 50.7 Å². The molecule has 0 bridgehead atoms. The van der Waals surface area contributed by atoms with Crippen molar-refractivity contribution < 1.29 is 9.90 Å². The van der Waals surface area contributed by atoms with Gasteiger partial charge in [-0.3, -0.25) is 9.20 Å². The second-order valence-corrected chi connectivity index (χ2v) is 6.25. The smallest absolute Gasteiger partial charge is 0.226 e. The van der Waals surface area contributed by atoms with Crippen LogP contribution in [0.25, 0.3) is 4.96 Å². The fourth-order valence-electron chi connectivity index (χ4n) is 2.74. The summed E-state index contributed by atoms with van der Waals surface area (Å²) in [5.41, 5.74) is 0.775. The average molecular weight is 293 g/mol. The van der Waals surface area contributed by atoms with Crippen molar-refractivity contribution in [3.63, 3.8) is 0 Å². The second-order valence-electron chi connectivity index (χ2n) is 5.38. The van der Waals surface area contributed by atoms with Crippen LogP contribution in [0, 0.1) is 0 Å². The summed E-state index contributed by atoms with van der Waals surface area (Å²) in [6.07, 6.45) is 8.59. The van der Waals surface area contributed by atoms with Crippen LogP contribution in [0.3, 0.4) is 0 Å². The van der Waals surface area contributed by atoms with E-state index in [2.05, 4.69) is 10.3 Å². The van der Waals surface area contributed by atoms with E-state index in [0.717, 1.165) is 42.8 Å². The van der Waals surface area contributed by atoms with Crippen LogP contribution in [0.5, 0.6) is 0 Å². The molecule has 3 rings (SSSR count). The Kier molecular flexibility index (Phi) is 4.03. The van der Waals surface area contributed by atoms with E-state index in [4.69, 9.17) is 0 Å². The summed E-state index contributed by atoms with van der Waals surface area (Å²) in [5.74, 6) is -0.0540. The molecule has 5 nitrogen and oxygen atoms in total. The van der Waals surface area contributed by atoms with Crippen LogP contribution in [0.4, 0.5) is 0 Å². The van der Waals surface area contributed by atoms with Crippen molar-refractivity contribution in [3.05, 3.63) is 23.5 Å². The number of nitrogens with one attached hydrogen (secondary N) is 1. The molecule has 2 aromatic rings. The quantitative estimate of drug-likeness (QED) is 0.847. The van der Waals surface area contributed by atoms with Crippen LogP contribution >= 0.6 is 11.3 Å². The topological polar surface area (TPSA) is 66.6 Å². The van der Waals surface area contributed by atoms with E-state index in [-0.39, 0.29) is 18.4 Å². The van der Waals surface area contributed by atoms with Gasteiger partial charge in [0.25, 0.3) is 0 Å². The van der Waals surface area contributed by atoms with Crippen LogP contribution in [0.2, 0.25) is 0 Å². The van der Waals surface area contributed by atoms with E-state index in [9.17, 15) is 9.90 Å². The third kappa shape index (κ3) is 3.02. The fourth-order valence-corrected chi connectivity index (χ4v) is 3.46. The SMILES string of the molecule is O=C(Cc1cn2ccsc2n1)NC1CCCCCC1O. The molecule has 1 aliphatic carbocycles. The van der Waals surface area contributed by atoms with Crippen molar-refractivity contribution in [3.8, 4) is 0 Å². The molecule has 2 aromatic heterocycles. The molecule has 0 spiro atoms. The maximum absolute atomic E-state index is 12.1. The number of hydrogen-bond donors (Lipinski definition) is 2. The molecule has 2 heterocycles. The predicted octanol–water partition coefficient (Wildman–Crippen LogP) is 1.75. The van der Waals surface area contributed by atoms with Gasteiger partial charge in [-0.15, -0.1) is 11.3 Å². The third-order valence-electron chi connectivity index (χ3n) is 3.81. The van der Waals surface area contributed by atoms with Gasteiger partial charge >= 0.3 is 0 Å². The van der Waals surface area contributed by atoms with Crippen LogP contribution in [-0.4, -0.2) is 32.5 Å². The Labute approximate surface area is 121 Å². The molecule has 1 amide bonds. The third-order valence-corrected chi connectivity index (χ3v) is 4.58. The van der Waals surface area contributed by atoms with Crippen molar-refractivity contribution in [1.29, 1.82) is 0 Å². The number of hydrogen-bond acceptors (Lipinski definition) is 4. The molecule has 6 heteroatoms. The number of rotatable bonds is 3. The van der Waals surface area contributed by atoms with Gasteiger partial charge in [0.1, 0.15) is 0 Å². The van der Waals surface area contributed by atoms with E-state index >= 15 is 0 Å². The first-order valence-corrected chi connectivity index (χ1v) is 7.99. The number of aromatic nitrogens is 2. The zero-order chi connectivity index (χ0) is 13.9. The Morgan fingerprint density at radius 1 is 1.45 bits per heavy atom. The highest BCUT2D eigenvalue weighted by molar-refractivity contribution is 7.15. The van der Waals surface area contributed by atoms with Crippen molar-refractivity contribution in [2.24, 2.45) is 0 Å². The lowest BCUT2D eigenvalue weighted by Gasteiger charge is -2.21. The van der Waals surface area contributed by atoms with Gasteiger partial charge in [0.15, 0.2) is 4.96 Å². The fraction of sp³-hybridized carbons (Fsp3) is 0.571. The van der Waals surface area contributed by atoms with Crippen LogP contribution in [-0.2, 0) is 11.2 Å². The van der Waals surface area contributed by atoms with Gasteiger partial charge < -0.3 is 10.4 Å². The number of imidazole rings is 1. The molecule has 1 fully saturated rings. The highest BCUT2D eigenvalue weighted by atomic mass is 32.1. The van der Waals surface area contributed by atoms with E-state index in [1.807, 2.05) is 22.2 Å². The number of aliphatic hydroxyl groups is 1. The number of fused-ring (bicyclic) bond motifs is 1. The van der Waals surface area contributed by atoms with E-state index in [1.165, 1.54) is 0 Å². The molecular formula is C14H19N3O2S. The lowest BCUT2D eigenvalue weighted by Crippen LogP contribution is -2.43. The average Bonchev–Trinajstić information content (AvgIpc) is 2.91. The molecule has 1 saturated carbocycles. The lowest BCUT2D eigenvalue weighted by atomic mass is 10.1. The van der Waals surface area contributed by atoms with E-state index in [0.29, 0.717) is 0 Å². The monoisotopic (exact) mass is 293 g/mol. The highest BCUT2D eigenvalue weighted by Crippen LogP contribution is 2.18. The van der Waals surface area contributed by atoms with Crippen molar-refractivity contribution in [1.82, 2.24) is 14.7 Å². The van der Waals surface area contributed by atoms with Gasteiger partial charge in [-0.25, -0.2) is 4.98 Å². The normalized spacial score (nSPS) is 23.6. The van der Waals surface area contributed by atoms with Gasteiger partial charge in [-0.05, 0) is 12.8 Å². The summed E-state index contributed by atoms with van der Waals surface area (Å²) in [5, 5.41) is 14.9. The van der Waals surface area contributed by atoms with Crippen LogP contribution in [0.15, 0.2) is 17.8 Å². The molecule has 108 valence electrons. The summed E-state index contributed by atoms with van der Waals surface area (Å²) >= 11 is 1.55. The lowest BCUT2D eigenvalue weighted by molar-refractivity contribution is -0.122. The second kappa shape index (κ2) is 5.93. The maximum atomic E-state index is 12.1. The Balaban J connectivity index is 1.59. The minimum atomic E-state index is -0.410. The highest BCUT2D eigenvalue weighted by Gasteiger charge is 2.23. The zero-order valence-corrected chi connectivity index (χ0v) is 12.1. The van der Waals surface area contributed by atoms with Crippen LogP contribution < -0.4 is 5.32 Å². The molecule has 1 aliphatic rings. The standard InChI is InChI=1S/C14H19N3O2S/c18-12-5-3-1-2-4-11(12)16-13(19)8-10-9-17-6-7-20-14(17)15-10/h6-7,9,11-12,18H,1-5,8H2,(H,16,19). The first-order chi connectivity index (χ1) is 9.72. The summed E-state index contributed by atoms with van der Waals surface area (Å²) in [6, 6.07) is -0.103. The van der Waals surface area contributed by atoms with Crippen molar-refractivity contribution >= 4 is 22.2 Å². The van der Waals surface area contributed by atoms with Crippen molar-refractivity contribution in [2.75, 3.05) is 0 Å². The van der Waals surface area contributed by atoms with Gasteiger partial charge in [-0.2, -0.15) is 0 Å². The molecule has 0 aromatic carbocycles. The number of carbonyl (C=O) groups is 1. The summed E-state index contributed by atoms with van der Waals surface area (Å²) in [4.78, 5) is 17.4. The first-order valence-electron chi connectivity index (χ1n) is 7.11. The zero-order valence-electron chi connectivity index (χ0n) is 11.3. The Morgan fingerprint density at radius 3 is 3.15 bits per heavy atom. The molecule has 2 unspecified atom stereocenters. The van der Waals surface area contributed by atoms with Gasteiger partial charge in [0, 0.05) is 17.8 Å². The number of aliphatic hydroxyl groups excluding tert-OH is 1. The number of nitrogens with zero attached hydrogens (tertiary/aromatic N) is 2. The summed E-state index contributed by atoms with van der Waals surface area (Å²) < 4.78 is 1.92. The number of amides is 1. The summed E-state index contributed by atoms with van der Waals surface area (Å²) in [7, 11) is 0. The molecule has 0 saturated heterocycles. The molecule has 0 aliphatic heterocycles. The summed E-state index contributed by atoms with van der Waals surface area (Å²) in [6.45, 7) is 0. The molecule has 2 atom stereocenters. The van der Waals surface area contributed by atoms with Crippen LogP contribution in [0.1, 0.15) is 37.8 Å². The molecule has 0 radical (unpaired) electrons. The molecular weight excluding hydrogens is 274 g/mol. The predicted molar refractivity (Wildman–Crippen MR) is 77.8 cm³/mol. The first kappa shape index (κ1) is 13.6. The van der Waals surface area contributed by atoms with E-state index < -0.39 is 6.10 Å². The number of carbonyl (C=O) groups excluding carboxylic acids is 1. The van der Waals surface area contributed by atoms with Gasteiger partial charge in [0.2, 0.25) is 5.91 Å². The largest absolute Gasteiger partial charge is 0.391 e. The Morgan fingerprint density at radius 2 is 2.30 bits per heavy atom. The van der Waals surface area contributed by atoms with Gasteiger partial charge in [0.05, 0.1) is 24.3 Å². The molecule has 20 heavy (non-hydrogen) atoms. The van der Waals surface area contributed by atoms with Gasteiger partial charge in [-0.1, -0.05) is 19.3 Å². The number of thiazole rings is 1. The minimum Gasteiger partial charge on any atom is -0.391 e. The molecule has 2 N–H and O–H groups in total.